The van der Waals surface area contributed by atoms with Crippen molar-refractivity contribution in [3.63, 3.8) is 0 Å². The molecule has 6 heteroatoms. The number of carbonyl (C=O) groups is 1. The second-order valence-corrected chi connectivity index (χ2v) is 5.79. The maximum absolute atomic E-state index is 11.9. The van der Waals surface area contributed by atoms with Gasteiger partial charge < -0.3 is 15.6 Å². The minimum absolute atomic E-state index is 0.0274. The molecule has 0 fully saturated rings. The van der Waals surface area contributed by atoms with Gasteiger partial charge in [0.25, 0.3) is 0 Å². The van der Waals surface area contributed by atoms with Gasteiger partial charge in [0.1, 0.15) is 0 Å². The summed E-state index contributed by atoms with van der Waals surface area (Å²) >= 11 is 1.19. The fourth-order valence-electron chi connectivity index (χ4n) is 2.07. The number of thiazole rings is 1. The average Bonchev–Trinajstić information content (AvgIpc) is 2.75. The van der Waals surface area contributed by atoms with Crippen LogP contribution in [-0.2, 0) is 11.3 Å². The molecule has 0 saturated carbocycles. The van der Waals surface area contributed by atoms with Gasteiger partial charge in [0.2, 0.25) is 5.91 Å². The summed E-state index contributed by atoms with van der Waals surface area (Å²) in [6.45, 7) is 4.34. The maximum Gasteiger partial charge on any atom is 0.307 e. The molecule has 21 heavy (non-hydrogen) atoms. The van der Waals surface area contributed by atoms with Crippen molar-refractivity contribution in [2.45, 2.75) is 33.2 Å². The Morgan fingerprint density at radius 3 is 2.81 bits per heavy atom. The highest BCUT2D eigenvalue weighted by molar-refractivity contribution is 7.07. The van der Waals surface area contributed by atoms with Gasteiger partial charge in [-0.05, 0) is 38.0 Å². The van der Waals surface area contributed by atoms with Gasteiger partial charge >= 0.3 is 4.87 Å². The van der Waals surface area contributed by atoms with Crippen LogP contribution in [0.25, 0.3) is 0 Å². The highest BCUT2D eigenvalue weighted by atomic mass is 32.1. The van der Waals surface area contributed by atoms with E-state index in [2.05, 4.69) is 5.32 Å². The lowest BCUT2D eigenvalue weighted by atomic mass is 10.1. The quantitative estimate of drug-likeness (QED) is 0.833. The van der Waals surface area contributed by atoms with E-state index >= 15 is 0 Å². The third-order valence-electron chi connectivity index (χ3n) is 3.41. The molecule has 1 aromatic carbocycles. The number of rotatable bonds is 5. The summed E-state index contributed by atoms with van der Waals surface area (Å²) in [4.78, 5) is 23.5. The standard InChI is InChI=1S/C15H19N3O2S/c1-10-9-21-15(20)18(10)8-4-7-14(19)17-13-6-3-5-12(16)11(13)2/h3,5-6,9H,4,7-8,16H2,1-2H3,(H,17,19). The molecule has 0 aliphatic carbocycles. The number of anilines is 2. The van der Waals surface area contributed by atoms with Crippen LogP contribution in [0.3, 0.4) is 0 Å². The van der Waals surface area contributed by atoms with Crippen molar-refractivity contribution in [2.24, 2.45) is 0 Å². The topological polar surface area (TPSA) is 77.1 Å². The molecule has 0 aliphatic rings. The molecule has 2 rings (SSSR count). The number of nitrogens with one attached hydrogen (secondary N) is 1. The minimum atomic E-state index is -0.0652. The van der Waals surface area contributed by atoms with Crippen LogP contribution in [0.2, 0.25) is 0 Å². The van der Waals surface area contributed by atoms with E-state index in [0.717, 1.165) is 16.9 Å². The Hall–Kier alpha value is -2.08. The Balaban J connectivity index is 1.88. The Bertz CT molecular complexity index is 703. The van der Waals surface area contributed by atoms with Crippen molar-refractivity contribution < 1.29 is 4.79 Å². The molecule has 0 bridgehead atoms. The van der Waals surface area contributed by atoms with Crippen LogP contribution in [0.4, 0.5) is 11.4 Å². The lowest BCUT2D eigenvalue weighted by Gasteiger charge is -2.10. The van der Waals surface area contributed by atoms with Crippen LogP contribution in [-0.4, -0.2) is 10.5 Å². The second-order valence-electron chi connectivity index (χ2n) is 4.97. The van der Waals surface area contributed by atoms with Crippen molar-refractivity contribution in [2.75, 3.05) is 11.1 Å². The summed E-state index contributed by atoms with van der Waals surface area (Å²) in [6.07, 6.45) is 1.00. The van der Waals surface area contributed by atoms with Crippen molar-refractivity contribution in [3.8, 4) is 0 Å². The zero-order chi connectivity index (χ0) is 15.4. The first-order chi connectivity index (χ1) is 9.99. The maximum atomic E-state index is 11.9. The molecule has 0 spiro atoms. The zero-order valence-corrected chi connectivity index (χ0v) is 13.0. The zero-order valence-electron chi connectivity index (χ0n) is 12.2. The molecule has 0 unspecified atom stereocenters. The Kier molecular flexibility index (Phi) is 4.80. The number of aryl methyl sites for hydroxylation is 1. The van der Waals surface area contributed by atoms with Gasteiger partial charge in [0.05, 0.1) is 0 Å². The molecule has 3 N–H and O–H groups in total. The van der Waals surface area contributed by atoms with E-state index in [9.17, 15) is 9.59 Å². The summed E-state index contributed by atoms with van der Waals surface area (Å²) in [5.41, 5.74) is 9.02. The molecule has 1 aromatic heterocycles. The predicted molar refractivity (Wildman–Crippen MR) is 86.8 cm³/mol. The van der Waals surface area contributed by atoms with Crippen molar-refractivity contribution in [1.29, 1.82) is 0 Å². The molecule has 0 aliphatic heterocycles. The van der Waals surface area contributed by atoms with Crippen LogP contribution in [0, 0.1) is 13.8 Å². The first kappa shape index (κ1) is 15.3. The molecule has 5 nitrogen and oxygen atoms in total. The van der Waals surface area contributed by atoms with E-state index in [4.69, 9.17) is 5.73 Å². The van der Waals surface area contributed by atoms with Crippen LogP contribution >= 0.6 is 11.3 Å². The van der Waals surface area contributed by atoms with Crippen molar-refractivity contribution in [3.05, 3.63) is 44.5 Å². The van der Waals surface area contributed by atoms with E-state index in [1.807, 2.05) is 31.4 Å². The third kappa shape index (κ3) is 3.72. The monoisotopic (exact) mass is 305 g/mol. The lowest BCUT2D eigenvalue weighted by molar-refractivity contribution is -0.116. The van der Waals surface area contributed by atoms with Crippen LogP contribution in [0.1, 0.15) is 24.1 Å². The van der Waals surface area contributed by atoms with Crippen LogP contribution in [0.5, 0.6) is 0 Å². The first-order valence-corrected chi connectivity index (χ1v) is 7.67. The van der Waals surface area contributed by atoms with Crippen LogP contribution in [0.15, 0.2) is 28.4 Å². The Labute approximate surface area is 127 Å². The molecular weight excluding hydrogens is 286 g/mol. The van der Waals surface area contributed by atoms with E-state index in [-0.39, 0.29) is 10.8 Å². The largest absolute Gasteiger partial charge is 0.398 e. The molecule has 0 radical (unpaired) electrons. The molecule has 1 amide bonds. The number of nitrogens with zero attached hydrogens (tertiary/aromatic N) is 1. The van der Waals surface area contributed by atoms with Gasteiger partial charge in [-0.15, -0.1) is 0 Å². The predicted octanol–water partition coefficient (Wildman–Crippen LogP) is 2.53. The fourth-order valence-corrected chi connectivity index (χ4v) is 2.84. The number of amides is 1. The lowest BCUT2D eigenvalue weighted by Crippen LogP contribution is -2.17. The third-order valence-corrected chi connectivity index (χ3v) is 4.29. The second kappa shape index (κ2) is 6.58. The fraction of sp³-hybridized carbons (Fsp3) is 0.333. The summed E-state index contributed by atoms with van der Waals surface area (Å²) in [5, 5.41) is 4.69. The first-order valence-electron chi connectivity index (χ1n) is 6.79. The van der Waals surface area contributed by atoms with Gasteiger partial charge in [-0.25, -0.2) is 0 Å². The highest BCUT2D eigenvalue weighted by Crippen LogP contribution is 2.20. The highest BCUT2D eigenvalue weighted by Gasteiger charge is 2.07. The summed E-state index contributed by atoms with van der Waals surface area (Å²) in [7, 11) is 0. The summed E-state index contributed by atoms with van der Waals surface area (Å²) in [5.74, 6) is -0.0652. The summed E-state index contributed by atoms with van der Waals surface area (Å²) < 4.78 is 1.70. The van der Waals surface area contributed by atoms with Crippen molar-refractivity contribution >= 4 is 28.6 Å². The Morgan fingerprint density at radius 1 is 1.38 bits per heavy atom. The van der Waals surface area contributed by atoms with E-state index in [1.165, 1.54) is 11.3 Å². The smallest absolute Gasteiger partial charge is 0.307 e. The van der Waals surface area contributed by atoms with E-state index in [1.54, 1.807) is 10.6 Å². The van der Waals surface area contributed by atoms with Gasteiger partial charge in [-0.3, -0.25) is 9.59 Å². The minimum Gasteiger partial charge on any atom is -0.398 e. The van der Waals surface area contributed by atoms with Crippen LogP contribution < -0.4 is 15.9 Å². The Morgan fingerprint density at radius 2 is 2.14 bits per heavy atom. The molecule has 0 saturated heterocycles. The van der Waals surface area contributed by atoms with E-state index in [0.29, 0.717) is 25.1 Å². The average molecular weight is 305 g/mol. The molecule has 0 atom stereocenters. The van der Waals surface area contributed by atoms with Crippen molar-refractivity contribution in [1.82, 2.24) is 4.57 Å². The number of aromatic nitrogens is 1. The molecule has 112 valence electrons. The van der Waals surface area contributed by atoms with E-state index < -0.39 is 0 Å². The number of carbonyl (C=O) groups excluding carboxylic acids is 1. The normalized spacial score (nSPS) is 10.6. The molecular formula is C15H19N3O2S. The molecule has 2 aromatic rings. The SMILES string of the molecule is Cc1c(N)cccc1NC(=O)CCCn1c(C)csc1=O. The number of hydrogen-bond acceptors (Lipinski definition) is 4. The summed E-state index contributed by atoms with van der Waals surface area (Å²) in [6, 6.07) is 5.44. The number of hydrogen-bond donors (Lipinski definition) is 2. The van der Waals surface area contributed by atoms with Gasteiger partial charge in [0.15, 0.2) is 0 Å². The van der Waals surface area contributed by atoms with Gasteiger partial charge in [-0.1, -0.05) is 17.4 Å². The number of nitrogens with two attached hydrogens (primary N) is 1. The van der Waals surface area contributed by atoms with Gasteiger partial charge in [-0.2, -0.15) is 0 Å². The number of benzene rings is 1. The molecule has 1 heterocycles. The number of nitrogen functional groups attached to an aromatic ring is 1. The van der Waals surface area contributed by atoms with Gasteiger partial charge in [0, 0.05) is 35.4 Å².